The predicted octanol–water partition coefficient (Wildman–Crippen LogP) is 1.82. The normalized spacial score (nSPS) is 14.6. The predicted molar refractivity (Wildman–Crippen MR) is 71.7 cm³/mol. The average molecular weight is 255 g/mol. The van der Waals surface area contributed by atoms with Gasteiger partial charge in [-0.05, 0) is 30.9 Å². The highest BCUT2D eigenvalue weighted by Crippen LogP contribution is 2.27. The van der Waals surface area contributed by atoms with Gasteiger partial charge in [-0.2, -0.15) is 5.10 Å². The van der Waals surface area contributed by atoms with E-state index in [1.54, 1.807) is 4.68 Å². The molecule has 1 aliphatic carbocycles. The highest BCUT2D eigenvalue weighted by atomic mass is 16.1. The topological polar surface area (TPSA) is 47.8 Å². The van der Waals surface area contributed by atoms with Crippen LogP contribution in [0.3, 0.4) is 0 Å². The molecule has 19 heavy (non-hydrogen) atoms. The van der Waals surface area contributed by atoms with Crippen LogP contribution in [0.25, 0.3) is 0 Å². The van der Waals surface area contributed by atoms with Gasteiger partial charge in [-0.1, -0.05) is 24.3 Å². The van der Waals surface area contributed by atoms with Crippen LogP contribution in [0, 0.1) is 5.92 Å². The molecule has 4 nitrogen and oxygen atoms in total. The van der Waals surface area contributed by atoms with E-state index in [1.165, 1.54) is 17.5 Å². The van der Waals surface area contributed by atoms with Crippen LogP contribution in [-0.4, -0.2) is 20.5 Å². The Kier molecular flexibility index (Phi) is 3.15. The minimum atomic E-state index is 0.111. The van der Waals surface area contributed by atoms with Crippen molar-refractivity contribution < 1.29 is 4.79 Å². The number of aryl methyl sites for hydroxylation is 1. The summed E-state index contributed by atoms with van der Waals surface area (Å²) in [5.74, 6) is 1.17. The number of carbonyl (C=O) groups excluding carboxylic acids is 1. The van der Waals surface area contributed by atoms with Crippen molar-refractivity contribution in [3.05, 3.63) is 47.5 Å². The van der Waals surface area contributed by atoms with E-state index in [-0.39, 0.29) is 11.7 Å². The van der Waals surface area contributed by atoms with Gasteiger partial charge in [0.25, 0.3) is 0 Å². The van der Waals surface area contributed by atoms with Gasteiger partial charge < -0.3 is 0 Å². The second-order valence-electron chi connectivity index (χ2n) is 5.01. The number of aromatic nitrogens is 3. The standard InChI is InChI=1S/C15H17N3O/c1-2-18-15(16-10-17-18)9-14(19)13-7-11-5-3-4-6-12(11)8-13/h3-6,10,13H,2,7-9H2,1H3. The Morgan fingerprint density at radius 3 is 2.63 bits per heavy atom. The summed E-state index contributed by atoms with van der Waals surface area (Å²) < 4.78 is 1.79. The maximum atomic E-state index is 12.4. The minimum absolute atomic E-state index is 0.111. The molecule has 0 amide bonds. The van der Waals surface area contributed by atoms with Crippen LogP contribution >= 0.6 is 0 Å². The van der Waals surface area contributed by atoms with Crippen molar-refractivity contribution in [3.8, 4) is 0 Å². The van der Waals surface area contributed by atoms with E-state index in [0.717, 1.165) is 25.2 Å². The highest BCUT2D eigenvalue weighted by molar-refractivity contribution is 5.84. The lowest BCUT2D eigenvalue weighted by Crippen LogP contribution is -2.19. The van der Waals surface area contributed by atoms with Crippen LogP contribution in [0.4, 0.5) is 0 Å². The lowest BCUT2D eigenvalue weighted by atomic mass is 9.98. The first-order valence-corrected chi connectivity index (χ1v) is 6.74. The summed E-state index contributed by atoms with van der Waals surface area (Å²) in [6.45, 7) is 2.77. The van der Waals surface area contributed by atoms with Gasteiger partial charge in [-0.3, -0.25) is 4.79 Å². The fourth-order valence-electron chi connectivity index (χ4n) is 2.78. The minimum Gasteiger partial charge on any atom is -0.299 e. The first-order chi connectivity index (χ1) is 9.28. The van der Waals surface area contributed by atoms with Crippen LogP contribution in [-0.2, 0) is 30.6 Å². The van der Waals surface area contributed by atoms with Crippen LogP contribution in [0.1, 0.15) is 23.9 Å². The molecular weight excluding hydrogens is 238 g/mol. The zero-order chi connectivity index (χ0) is 13.2. The van der Waals surface area contributed by atoms with E-state index in [0.29, 0.717) is 6.42 Å². The summed E-state index contributed by atoms with van der Waals surface area (Å²) in [6.07, 6.45) is 3.66. The molecule has 1 heterocycles. The summed E-state index contributed by atoms with van der Waals surface area (Å²) in [5.41, 5.74) is 2.63. The van der Waals surface area contributed by atoms with Crippen molar-refractivity contribution >= 4 is 5.78 Å². The van der Waals surface area contributed by atoms with Crippen LogP contribution in [0.5, 0.6) is 0 Å². The molecule has 0 saturated heterocycles. The van der Waals surface area contributed by atoms with E-state index in [1.807, 2.05) is 19.1 Å². The molecule has 0 N–H and O–H groups in total. The zero-order valence-corrected chi connectivity index (χ0v) is 11.0. The van der Waals surface area contributed by atoms with E-state index >= 15 is 0 Å². The van der Waals surface area contributed by atoms with Gasteiger partial charge in [-0.15, -0.1) is 0 Å². The molecule has 0 fully saturated rings. The number of ketones is 1. The van der Waals surface area contributed by atoms with Gasteiger partial charge in [0.15, 0.2) is 0 Å². The van der Waals surface area contributed by atoms with Gasteiger partial charge in [-0.25, -0.2) is 9.67 Å². The SMILES string of the molecule is CCn1ncnc1CC(=O)C1Cc2ccccc2C1. The number of rotatable bonds is 4. The van der Waals surface area contributed by atoms with Gasteiger partial charge in [0, 0.05) is 12.5 Å². The third-order valence-electron chi connectivity index (χ3n) is 3.83. The van der Waals surface area contributed by atoms with Crippen molar-refractivity contribution in [3.63, 3.8) is 0 Å². The molecule has 3 rings (SSSR count). The molecule has 0 atom stereocenters. The summed E-state index contributed by atoms with van der Waals surface area (Å²) in [5, 5.41) is 4.11. The van der Waals surface area contributed by atoms with E-state index in [9.17, 15) is 4.79 Å². The maximum Gasteiger partial charge on any atom is 0.144 e. The molecule has 1 aromatic heterocycles. The molecule has 0 spiro atoms. The van der Waals surface area contributed by atoms with Gasteiger partial charge in [0.05, 0.1) is 6.42 Å². The number of fused-ring (bicyclic) bond motifs is 1. The van der Waals surface area contributed by atoms with Gasteiger partial charge in [0.1, 0.15) is 17.9 Å². The lowest BCUT2D eigenvalue weighted by molar-refractivity contribution is -0.122. The average Bonchev–Trinajstić information content (AvgIpc) is 3.03. The first-order valence-electron chi connectivity index (χ1n) is 6.74. The third-order valence-corrected chi connectivity index (χ3v) is 3.83. The summed E-state index contributed by atoms with van der Waals surface area (Å²) in [6, 6.07) is 8.33. The number of hydrogen-bond donors (Lipinski definition) is 0. The van der Waals surface area contributed by atoms with Crippen molar-refractivity contribution in [2.24, 2.45) is 5.92 Å². The maximum absolute atomic E-state index is 12.4. The Morgan fingerprint density at radius 1 is 1.32 bits per heavy atom. The molecule has 0 radical (unpaired) electrons. The lowest BCUT2D eigenvalue weighted by Gasteiger charge is -2.08. The van der Waals surface area contributed by atoms with E-state index < -0.39 is 0 Å². The molecular formula is C15H17N3O. The number of benzene rings is 1. The molecule has 0 unspecified atom stereocenters. The number of nitrogens with zero attached hydrogens (tertiary/aromatic N) is 3. The summed E-state index contributed by atoms with van der Waals surface area (Å²) >= 11 is 0. The smallest absolute Gasteiger partial charge is 0.144 e. The fourth-order valence-corrected chi connectivity index (χ4v) is 2.78. The quantitative estimate of drug-likeness (QED) is 0.837. The summed E-state index contributed by atoms with van der Waals surface area (Å²) in [7, 11) is 0. The fraction of sp³-hybridized carbons (Fsp3) is 0.400. The number of carbonyl (C=O) groups is 1. The molecule has 0 aliphatic heterocycles. The second kappa shape index (κ2) is 4.96. The van der Waals surface area contributed by atoms with Crippen LogP contribution in [0.2, 0.25) is 0 Å². The second-order valence-corrected chi connectivity index (χ2v) is 5.01. The Bertz CT molecular complexity index is 578. The Morgan fingerprint density at radius 2 is 2.00 bits per heavy atom. The molecule has 1 aliphatic rings. The van der Waals surface area contributed by atoms with E-state index in [2.05, 4.69) is 22.2 Å². The zero-order valence-electron chi connectivity index (χ0n) is 11.0. The van der Waals surface area contributed by atoms with Crippen molar-refractivity contribution in [2.45, 2.75) is 32.7 Å². The van der Waals surface area contributed by atoms with Gasteiger partial charge >= 0.3 is 0 Å². The Hall–Kier alpha value is -1.97. The Labute approximate surface area is 112 Å². The number of Topliss-reactive ketones (excluding diaryl/α,β-unsaturated/α-hetero) is 1. The van der Waals surface area contributed by atoms with Crippen LogP contribution in [0.15, 0.2) is 30.6 Å². The molecule has 0 bridgehead atoms. The van der Waals surface area contributed by atoms with Crippen molar-refractivity contribution in [1.82, 2.24) is 14.8 Å². The van der Waals surface area contributed by atoms with Crippen LogP contribution < -0.4 is 0 Å². The number of hydrogen-bond acceptors (Lipinski definition) is 3. The summed E-state index contributed by atoms with van der Waals surface area (Å²) in [4.78, 5) is 16.5. The van der Waals surface area contributed by atoms with Crippen molar-refractivity contribution in [1.29, 1.82) is 0 Å². The van der Waals surface area contributed by atoms with Gasteiger partial charge in [0.2, 0.25) is 0 Å². The molecule has 2 aromatic rings. The molecule has 0 saturated carbocycles. The first kappa shape index (κ1) is 12.1. The molecule has 1 aromatic carbocycles. The molecule has 98 valence electrons. The van der Waals surface area contributed by atoms with Crippen molar-refractivity contribution in [2.75, 3.05) is 0 Å². The Balaban J connectivity index is 1.70. The largest absolute Gasteiger partial charge is 0.299 e. The van der Waals surface area contributed by atoms with E-state index in [4.69, 9.17) is 0 Å². The highest BCUT2D eigenvalue weighted by Gasteiger charge is 2.27. The molecule has 4 heteroatoms. The monoisotopic (exact) mass is 255 g/mol. The third kappa shape index (κ3) is 2.30.